The minimum absolute atomic E-state index is 0.00851. The van der Waals surface area contributed by atoms with Crippen molar-refractivity contribution < 1.29 is 9.90 Å². The normalized spacial score (nSPS) is 10.7. The number of carbonyl (C=O) groups is 1. The van der Waals surface area contributed by atoms with Gasteiger partial charge in [0.25, 0.3) is 5.91 Å². The number of aromatic nitrogens is 1. The summed E-state index contributed by atoms with van der Waals surface area (Å²) in [5.41, 5.74) is 0.587. The number of carbonyl (C=O) groups excluding carboxylic acids is 1. The van der Waals surface area contributed by atoms with Gasteiger partial charge in [-0.25, -0.2) is 4.98 Å². The van der Waals surface area contributed by atoms with Crippen LogP contribution in [0.1, 0.15) is 15.2 Å². The second-order valence-corrected chi connectivity index (χ2v) is 5.43. The van der Waals surface area contributed by atoms with Crippen molar-refractivity contribution in [1.29, 1.82) is 0 Å². The molecule has 0 saturated carbocycles. The van der Waals surface area contributed by atoms with E-state index in [0.717, 1.165) is 15.0 Å². The third kappa shape index (κ3) is 2.41. The number of amides is 1. The number of fused-ring (bicyclic) bond motifs is 1. The number of nitrogens with zero attached hydrogens (tertiary/aromatic N) is 1. The number of anilines is 1. The van der Waals surface area contributed by atoms with Crippen molar-refractivity contribution >= 4 is 33.1 Å². The van der Waals surface area contributed by atoms with Crippen LogP contribution in [0.2, 0.25) is 0 Å². The third-order valence-electron chi connectivity index (χ3n) is 2.92. The molecule has 0 atom stereocenters. The Kier molecular flexibility index (Phi) is 3.45. The number of aliphatic hydroxyl groups is 1. The van der Waals surface area contributed by atoms with Gasteiger partial charge in [0.15, 0.2) is 0 Å². The molecule has 20 heavy (non-hydrogen) atoms. The quantitative estimate of drug-likeness (QED) is 0.777. The molecular formula is C15H12N2O2S. The van der Waals surface area contributed by atoms with Crippen molar-refractivity contribution in [2.75, 3.05) is 5.32 Å². The Labute approximate surface area is 119 Å². The summed E-state index contributed by atoms with van der Waals surface area (Å²) in [6, 6.07) is 12.7. The molecule has 3 aromatic rings. The lowest BCUT2D eigenvalue weighted by molar-refractivity contribution is 0.102. The SMILES string of the molecule is O=C(Nc1nccc2sc(CO)cc12)c1ccccc1. The van der Waals surface area contributed by atoms with Crippen LogP contribution in [0, 0.1) is 0 Å². The molecule has 0 aliphatic heterocycles. The minimum atomic E-state index is -0.192. The Bertz CT molecular complexity index is 753. The first-order chi connectivity index (χ1) is 9.78. The summed E-state index contributed by atoms with van der Waals surface area (Å²) in [5.74, 6) is 0.328. The fourth-order valence-electron chi connectivity index (χ4n) is 1.96. The van der Waals surface area contributed by atoms with Gasteiger partial charge in [-0.1, -0.05) is 18.2 Å². The topological polar surface area (TPSA) is 62.2 Å². The van der Waals surface area contributed by atoms with Gasteiger partial charge in [-0.05, 0) is 24.3 Å². The molecule has 100 valence electrons. The van der Waals surface area contributed by atoms with E-state index >= 15 is 0 Å². The fraction of sp³-hybridized carbons (Fsp3) is 0.0667. The zero-order chi connectivity index (χ0) is 13.9. The molecule has 5 heteroatoms. The number of benzene rings is 1. The van der Waals surface area contributed by atoms with E-state index in [2.05, 4.69) is 10.3 Å². The van der Waals surface area contributed by atoms with E-state index in [1.54, 1.807) is 18.3 Å². The lowest BCUT2D eigenvalue weighted by Gasteiger charge is -2.05. The average molecular weight is 284 g/mol. The largest absolute Gasteiger partial charge is 0.391 e. The van der Waals surface area contributed by atoms with E-state index in [4.69, 9.17) is 0 Å². The van der Waals surface area contributed by atoms with Crippen LogP contribution in [-0.4, -0.2) is 16.0 Å². The van der Waals surface area contributed by atoms with Gasteiger partial charge in [-0.2, -0.15) is 0 Å². The molecule has 1 aromatic carbocycles. The summed E-state index contributed by atoms with van der Waals surface area (Å²) < 4.78 is 0.993. The number of pyridine rings is 1. The Hall–Kier alpha value is -2.24. The number of aliphatic hydroxyl groups excluding tert-OH is 1. The van der Waals surface area contributed by atoms with E-state index < -0.39 is 0 Å². The predicted octanol–water partition coefficient (Wildman–Crippen LogP) is 3.04. The van der Waals surface area contributed by atoms with Crippen molar-refractivity contribution in [3.05, 3.63) is 59.1 Å². The highest BCUT2D eigenvalue weighted by Gasteiger charge is 2.11. The maximum Gasteiger partial charge on any atom is 0.256 e. The molecule has 2 heterocycles. The van der Waals surface area contributed by atoms with Gasteiger partial charge in [0, 0.05) is 26.7 Å². The molecule has 3 rings (SSSR count). The standard InChI is InChI=1S/C15H12N2O2S/c18-9-11-8-12-13(20-11)6-7-16-14(12)17-15(19)10-4-2-1-3-5-10/h1-8,18H,9H2,(H,16,17,19). The summed E-state index contributed by atoms with van der Waals surface area (Å²) in [6.45, 7) is -0.00851. The highest BCUT2D eigenvalue weighted by Crippen LogP contribution is 2.30. The van der Waals surface area contributed by atoms with E-state index in [-0.39, 0.29) is 12.5 Å². The summed E-state index contributed by atoms with van der Waals surface area (Å²) >= 11 is 1.49. The van der Waals surface area contributed by atoms with Crippen molar-refractivity contribution in [3.8, 4) is 0 Å². The molecule has 0 aliphatic carbocycles. The van der Waals surface area contributed by atoms with Gasteiger partial charge in [0.2, 0.25) is 0 Å². The van der Waals surface area contributed by atoms with Gasteiger partial charge >= 0.3 is 0 Å². The van der Waals surface area contributed by atoms with Gasteiger partial charge in [-0.3, -0.25) is 4.79 Å². The Morgan fingerprint density at radius 3 is 2.80 bits per heavy atom. The van der Waals surface area contributed by atoms with Crippen molar-refractivity contribution in [2.45, 2.75) is 6.61 Å². The number of nitrogens with one attached hydrogen (secondary N) is 1. The van der Waals surface area contributed by atoms with Crippen molar-refractivity contribution in [1.82, 2.24) is 4.98 Å². The maximum absolute atomic E-state index is 12.1. The summed E-state index contributed by atoms with van der Waals surface area (Å²) in [5, 5.41) is 12.9. The first kappa shape index (κ1) is 12.8. The molecule has 0 radical (unpaired) electrons. The van der Waals surface area contributed by atoms with Crippen LogP contribution in [0.5, 0.6) is 0 Å². The molecule has 0 aliphatic rings. The average Bonchev–Trinajstić information content (AvgIpc) is 2.92. The van der Waals surface area contributed by atoms with E-state index in [1.165, 1.54) is 11.3 Å². The summed E-state index contributed by atoms with van der Waals surface area (Å²) in [6.07, 6.45) is 1.65. The van der Waals surface area contributed by atoms with Crippen molar-refractivity contribution in [3.63, 3.8) is 0 Å². The molecule has 0 fully saturated rings. The van der Waals surface area contributed by atoms with Crippen LogP contribution in [0.15, 0.2) is 48.7 Å². The molecule has 0 unspecified atom stereocenters. The van der Waals surface area contributed by atoms with Gasteiger partial charge in [-0.15, -0.1) is 11.3 Å². The number of thiophene rings is 1. The fourth-order valence-corrected chi connectivity index (χ4v) is 2.88. The van der Waals surface area contributed by atoms with Gasteiger partial charge in [0.05, 0.1) is 6.61 Å². The summed E-state index contributed by atoms with van der Waals surface area (Å²) in [4.78, 5) is 17.2. The third-order valence-corrected chi connectivity index (χ3v) is 4.01. The molecule has 4 nitrogen and oxygen atoms in total. The number of hydrogen-bond acceptors (Lipinski definition) is 4. The van der Waals surface area contributed by atoms with Crippen LogP contribution in [-0.2, 0) is 6.61 Å². The first-order valence-corrected chi connectivity index (χ1v) is 6.94. The molecule has 0 spiro atoms. The van der Waals surface area contributed by atoms with Gasteiger partial charge < -0.3 is 10.4 Å². The second-order valence-electron chi connectivity index (χ2n) is 4.26. The monoisotopic (exact) mass is 284 g/mol. The van der Waals surface area contributed by atoms with Gasteiger partial charge in [0.1, 0.15) is 5.82 Å². The van der Waals surface area contributed by atoms with E-state index in [1.807, 2.05) is 30.3 Å². The smallest absolute Gasteiger partial charge is 0.256 e. The molecule has 1 amide bonds. The highest BCUT2D eigenvalue weighted by atomic mass is 32.1. The molecule has 2 N–H and O–H groups in total. The Morgan fingerprint density at radius 2 is 2.05 bits per heavy atom. The molecule has 2 aromatic heterocycles. The zero-order valence-corrected chi connectivity index (χ0v) is 11.4. The summed E-state index contributed by atoms with van der Waals surface area (Å²) in [7, 11) is 0. The zero-order valence-electron chi connectivity index (χ0n) is 10.5. The van der Waals surface area contributed by atoms with Crippen LogP contribution in [0.25, 0.3) is 10.1 Å². The molecule has 0 bridgehead atoms. The molecular weight excluding hydrogens is 272 g/mol. The highest BCUT2D eigenvalue weighted by molar-refractivity contribution is 7.19. The van der Waals surface area contributed by atoms with Crippen LogP contribution in [0.4, 0.5) is 5.82 Å². The second kappa shape index (κ2) is 5.40. The van der Waals surface area contributed by atoms with Crippen LogP contribution < -0.4 is 5.32 Å². The number of rotatable bonds is 3. The lowest BCUT2D eigenvalue weighted by Crippen LogP contribution is -2.12. The van der Waals surface area contributed by atoms with Crippen molar-refractivity contribution in [2.24, 2.45) is 0 Å². The first-order valence-electron chi connectivity index (χ1n) is 6.12. The Balaban J connectivity index is 1.95. The molecule has 0 saturated heterocycles. The Morgan fingerprint density at radius 1 is 1.25 bits per heavy atom. The van der Waals surface area contributed by atoms with E-state index in [9.17, 15) is 9.90 Å². The predicted molar refractivity (Wildman–Crippen MR) is 79.9 cm³/mol. The maximum atomic E-state index is 12.1. The van der Waals surface area contributed by atoms with Crippen LogP contribution in [0.3, 0.4) is 0 Å². The van der Waals surface area contributed by atoms with E-state index in [0.29, 0.717) is 11.4 Å². The minimum Gasteiger partial charge on any atom is -0.391 e. The lowest BCUT2D eigenvalue weighted by atomic mass is 10.2. The number of hydrogen-bond donors (Lipinski definition) is 2. The van der Waals surface area contributed by atoms with Crippen LogP contribution >= 0.6 is 11.3 Å².